The maximum absolute atomic E-state index is 12.4. The Hall–Kier alpha value is -1.38. The Bertz CT molecular complexity index is 703. The van der Waals surface area contributed by atoms with Crippen molar-refractivity contribution in [1.82, 2.24) is 14.7 Å². The first-order valence-corrected chi connectivity index (χ1v) is 9.82. The van der Waals surface area contributed by atoms with E-state index in [1.165, 1.54) is 13.0 Å². The maximum atomic E-state index is 12.4. The first-order chi connectivity index (χ1) is 11.7. The highest BCUT2D eigenvalue weighted by molar-refractivity contribution is 7.46. The van der Waals surface area contributed by atoms with Crippen molar-refractivity contribution in [2.75, 3.05) is 39.3 Å². The molecule has 25 heavy (non-hydrogen) atoms. The standard InChI is InChI=1S/C12H13N3O2.C2H6ClO4P/c16-9-7-8(13-1-2-13)12(17)11(15-5-6-15)10(9)14-3-4-14;1-2(3)7-8(4,5)6/h7H,1-6H2;2H,1H3,(H2,4,5,6). The van der Waals surface area contributed by atoms with E-state index in [1.54, 1.807) is 0 Å². The summed E-state index contributed by atoms with van der Waals surface area (Å²) in [6.07, 6.45) is 1.52. The van der Waals surface area contributed by atoms with Gasteiger partial charge in [-0.2, -0.15) is 0 Å². The SMILES string of the molecule is CC(Cl)OP(=O)(O)O.O=C1C=C(N2CC2)C(=O)C(N2CC2)=C1N1CC1. The van der Waals surface area contributed by atoms with E-state index in [9.17, 15) is 14.2 Å². The molecule has 2 N–H and O–H groups in total. The largest absolute Gasteiger partial charge is 0.471 e. The molecule has 1 unspecified atom stereocenters. The molecule has 138 valence electrons. The van der Waals surface area contributed by atoms with Crippen molar-refractivity contribution in [3.05, 3.63) is 23.2 Å². The summed E-state index contributed by atoms with van der Waals surface area (Å²) in [5.74, 6) is 0.0485. The fraction of sp³-hybridized carbons (Fsp3) is 0.571. The quantitative estimate of drug-likeness (QED) is 0.286. The van der Waals surface area contributed by atoms with Crippen LogP contribution < -0.4 is 0 Å². The van der Waals surface area contributed by atoms with Crippen LogP contribution >= 0.6 is 19.4 Å². The lowest BCUT2D eigenvalue weighted by molar-refractivity contribution is -0.117. The zero-order chi connectivity index (χ0) is 18.4. The van der Waals surface area contributed by atoms with Gasteiger partial charge in [-0.1, -0.05) is 11.6 Å². The number of phosphoric acid groups is 1. The summed E-state index contributed by atoms with van der Waals surface area (Å²) in [4.78, 5) is 46.5. The van der Waals surface area contributed by atoms with Gasteiger partial charge in [-0.05, 0) is 6.92 Å². The highest BCUT2D eigenvalue weighted by atomic mass is 35.5. The molecule has 0 amide bonds. The smallest absolute Gasteiger partial charge is 0.365 e. The third-order valence-corrected chi connectivity index (χ3v) is 4.57. The van der Waals surface area contributed by atoms with Gasteiger partial charge in [0.1, 0.15) is 17.0 Å². The summed E-state index contributed by atoms with van der Waals surface area (Å²) in [5.41, 5.74) is 0.938. The van der Waals surface area contributed by atoms with Gasteiger partial charge < -0.3 is 24.5 Å². The second-order valence-corrected chi connectivity index (χ2v) is 7.83. The summed E-state index contributed by atoms with van der Waals surface area (Å²) >= 11 is 5.05. The fourth-order valence-corrected chi connectivity index (χ4v) is 3.15. The maximum Gasteiger partial charge on any atom is 0.471 e. The number of hydrogen-bond acceptors (Lipinski definition) is 7. The molecule has 1 atom stereocenters. The lowest BCUT2D eigenvalue weighted by Gasteiger charge is -2.21. The van der Waals surface area contributed by atoms with Crippen molar-refractivity contribution in [1.29, 1.82) is 0 Å². The Morgan fingerprint density at radius 2 is 1.52 bits per heavy atom. The second-order valence-electron chi connectivity index (χ2n) is 6.02. The molecule has 0 spiro atoms. The van der Waals surface area contributed by atoms with Gasteiger partial charge in [0.15, 0.2) is 0 Å². The number of hydrogen-bond donors (Lipinski definition) is 2. The highest BCUT2D eigenvalue weighted by Crippen LogP contribution is 2.38. The van der Waals surface area contributed by atoms with Crippen LogP contribution in [-0.4, -0.2) is 80.9 Å². The van der Waals surface area contributed by atoms with Gasteiger partial charge >= 0.3 is 7.82 Å². The van der Waals surface area contributed by atoms with Crippen molar-refractivity contribution in [3.63, 3.8) is 0 Å². The van der Waals surface area contributed by atoms with Crippen LogP contribution in [-0.2, 0) is 18.7 Å². The Kier molecular flexibility index (Phi) is 4.96. The van der Waals surface area contributed by atoms with Gasteiger partial charge in [-0.15, -0.1) is 0 Å². The van der Waals surface area contributed by atoms with Crippen LogP contribution in [0.2, 0.25) is 0 Å². The van der Waals surface area contributed by atoms with E-state index >= 15 is 0 Å². The number of carbonyl (C=O) groups is 2. The van der Waals surface area contributed by atoms with Crippen molar-refractivity contribution in [2.24, 2.45) is 0 Å². The molecule has 3 fully saturated rings. The molecule has 0 aromatic heterocycles. The zero-order valence-corrected chi connectivity index (χ0v) is 15.2. The van der Waals surface area contributed by atoms with Gasteiger partial charge in [-0.25, -0.2) is 4.57 Å². The number of halogens is 1. The number of carbonyl (C=O) groups excluding carboxylic acids is 2. The number of phosphoric ester groups is 1. The van der Waals surface area contributed by atoms with Crippen LogP contribution in [0.4, 0.5) is 0 Å². The molecule has 9 nitrogen and oxygen atoms in total. The first-order valence-electron chi connectivity index (χ1n) is 7.85. The van der Waals surface area contributed by atoms with Crippen molar-refractivity contribution in [2.45, 2.75) is 12.5 Å². The number of allylic oxidation sites excluding steroid dienone is 1. The average molecular weight is 392 g/mol. The Labute approximate surface area is 149 Å². The van der Waals surface area contributed by atoms with E-state index in [1.807, 2.05) is 14.7 Å². The number of nitrogens with zero attached hydrogens (tertiary/aromatic N) is 3. The van der Waals surface area contributed by atoms with Crippen LogP contribution in [0.25, 0.3) is 0 Å². The van der Waals surface area contributed by atoms with Crippen LogP contribution in [0.1, 0.15) is 6.92 Å². The predicted molar refractivity (Wildman–Crippen MR) is 88.3 cm³/mol. The summed E-state index contributed by atoms with van der Waals surface area (Å²) < 4.78 is 13.7. The molecule has 0 saturated carbocycles. The number of rotatable bonds is 5. The van der Waals surface area contributed by atoms with E-state index in [-0.39, 0.29) is 11.6 Å². The van der Waals surface area contributed by atoms with Crippen LogP contribution in [0.15, 0.2) is 23.2 Å². The molecular formula is C14H19ClN3O6P. The Morgan fingerprint density at radius 3 is 1.88 bits per heavy atom. The monoisotopic (exact) mass is 391 g/mol. The minimum Gasteiger partial charge on any atom is -0.365 e. The summed E-state index contributed by atoms with van der Waals surface area (Å²) in [7, 11) is -4.35. The molecule has 0 bridgehead atoms. The Morgan fingerprint density at radius 1 is 1.04 bits per heavy atom. The number of ketones is 2. The topological polar surface area (TPSA) is 110 Å². The minimum absolute atomic E-state index is 0.00546. The third-order valence-electron chi connectivity index (χ3n) is 3.77. The molecule has 3 aliphatic heterocycles. The molecule has 3 heterocycles. The van der Waals surface area contributed by atoms with Crippen LogP contribution in [0, 0.1) is 0 Å². The molecular weight excluding hydrogens is 373 g/mol. The molecule has 4 rings (SSSR count). The predicted octanol–water partition coefficient (Wildman–Crippen LogP) is -0.139. The Balaban J connectivity index is 0.000000197. The van der Waals surface area contributed by atoms with Gasteiger partial charge in [0, 0.05) is 45.3 Å². The zero-order valence-electron chi connectivity index (χ0n) is 13.6. The lowest BCUT2D eigenvalue weighted by Crippen LogP contribution is -2.29. The first kappa shape index (κ1) is 18.4. The van der Waals surface area contributed by atoms with Gasteiger partial charge in [-0.3, -0.25) is 14.1 Å². The highest BCUT2D eigenvalue weighted by Gasteiger charge is 2.43. The summed E-state index contributed by atoms with van der Waals surface area (Å²) in [6, 6.07) is 0. The van der Waals surface area contributed by atoms with E-state index in [0.29, 0.717) is 17.1 Å². The van der Waals surface area contributed by atoms with Crippen LogP contribution in [0.3, 0.4) is 0 Å². The molecule has 0 aromatic rings. The average Bonchev–Trinajstić information content (AvgIpc) is 3.35. The van der Waals surface area contributed by atoms with Crippen LogP contribution in [0.5, 0.6) is 0 Å². The van der Waals surface area contributed by atoms with E-state index in [4.69, 9.17) is 21.4 Å². The minimum atomic E-state index is -4.35. The van der Waals surface area contributed by atoms with Crippen molar-refractivity contribution >= 4 is 31.0 Å². The summed E-state index contributed by atoms with van der Waals surface area (Å²) in [6.45, 7) is 6.73. The summed E-state index contributed by atoms with van der Waals surface area (Å²) in [5, 5.41) is 0. The van der Waals surface area contributed by atoms with Gasteiger partial charge in [0.25, 0.3) is 0 Å². The molecule has 3 saturated heterocycles. The third kappa shape index (κ3) is 4.83. The van der Waals surface area contributed by atoms with Crippen molar-refractivity contribution in [3.8, 4) is 0 Å². The van der Waals surface area contributed by atoms with Gasteiger partial charge in [0.2, 0.25) is 11.6 Å². The van der Waals surface area contributed by atoms with Gasteiger partial charge in [0.05, 0.1) is 5.70 Å². The second kappa shape index (κ2) is 6.74. The molecule has 11 heteroatoms. The number of Topliss-reactive ketones (excluding diaryl/α,β-unsaturated/α-hetero) is 1. The van der Waals surface area contributed by atoms with E-state index < -0.39 is 13.4 Å². The van der Waals surface area contributed by atoms with E-state index in [2.05, 4.69) is 4.52 Å². The van der Waals surface area contributed by atoms with E-state index in [0.717, 1.165) is 39.3 Å². The molecule has 4 aliphatic rings. The molecule has 0 aromatic carbocycles. The fourth-order valence-electron chi connectivity index (χ4n) is 2.46. The number of alkyl halides is 1. The van der Waals surface area contributed by atoms with Crippen molar-refractivity contribution < 1.29 is 28.5 Å². The molecule has 1 aliphatic carbocycles. The normalized spacial score (nSPS) is 23.2. The lowest BCUT2D eigenvalue weighted by atomic mass is 10.0. The molecule has 0 radical (unpaired) electrons.